The molecule has 1 saturated carbocycles. The molecule has 0 aromatic carbocycles. The Balaban J connectivity index is 1.91. The normalized spacial score (nSPS) is 16.6. The summed E-state index contributed by atoms with van der Waals surface area (Å²) in [5.74, 6) is 3.50. The zero-order valence-electron chi connectivity index (χ0n) is 11.1. The summed E-state index contributed by atoms with van der Waals surface area (Å²) >= 11 is 0. The van der Waals surface area contributed by atoms with Crippen molar-refractivity contribution in [3.63, 3.8) is 0 Å². The van der Waals surface area contributed by atoms with Crippen LogP contribution in [0.5, 0.6) is 0 Å². The van der Waals surface area contributed by atoms with E-state index in [0.717, 1.165) is 18.3 Å². The highest BCUT2D eigenvalue weighted by atomic mass is 16.5. The van der Waals surface area contributed by atoms with Crippen molar-refractivity contribution in [3.8, 4) is 0 Å². The van der Waals surface area contributed by atoms with Gasteiger partial charge in [-0.05, 0) is 31.6 Å². The lowest BCUT2D eigenvalue weighted by Crippen LogP contribution is -2.15. The topological polar surface area (TPSA) is 73.1 Å². The van der Waals surface area contributed by atoms with Crippen molar-refractivity contribution in [3.05, 3.63) is 11.9 Å². The monoisotopic (exact) mass is 250 g/mol. The molecular weight excluding hydrogens is 228 g/mol. The Hall–Kier alpha value is -1.36. The quantitative estimate of drug-likeness (QED) is 0.775. The van der Waals surface area contributed by atoms with Crippen LogP contribution in [0.25, 0.3) is 0 Å². The molecule has 0 amide bonds. The third-order valence-electron chi connectivity index (χ3n) is 3.26. The molecule has 2 rings (SSSR count). The number of anilines is 2. The molecule has 0 saturated heterocycles. The van der Waals surface area contributed by atoms with Crippen LogP contribution in [0.2, 0.25) is 0 Å². The highest BCUT2D eigenvalue weighted by Crippen LogP contribution is 2.36. The van der Waals surface area contributed by atoms with Gasteiger partial charge in [0.05, 0.1) is 0 Å². The van der Waals surface area contributed by atoms with Gasteiger partial charge >= 0.3 is 0 Å². The van der Waals surface area contributed by atoms with Gasteiger partial charge in [-0.2, -0.15) is 0 Å². The molecule has 1 aromatic rings. The summed E-state index contributed by atoms with van der Waals surface area (Å²) in [4.78, 5) is 8.54. The van der Waals surface area contributed by atoms with Crippen molar-refractivity contribution in [2.45, 2.75) is 33.3 Å². The minimum absolute atomic E-state index is 0.411. The van der Waals surface area contributed by atoms with E-state index in [9.17, 15) is 0 Å². The summed E-state index contributed by atoms with van der Waals surface area (Å²) in [5.41, 5.74) is 5.76. The maximum Gasteiger partial charge on any atom is 0.158 e. The maximum atomic E-state index is 5.76. The molecule has 5 heteroatoms. The number of nitrogens with one attached hydrogen (secondary N) is 1. The van der Waals surface area contributed by atoms with Crippen LogP contribution in [0, 0.1) is 11.8 Å². The molecule has 18 heavy (non-hydrogen) atoms. The SMILES string of the molecule is CCOCc1nc(N)cc(NCC(C)C2CC2)n1. The van der Waals surface area contributed by atoms with Crippen LogP contribution in [0.3, 0.4) is 0 Å². The summed E-state index contributed by atoms with van der Waals surface area (Å²) in [7, 11) is 0. The Morgan fingerprint density at radius 3 is 2.94 bits per heavy atom. The van der Waals surface area contributed by atoms with E-state index in [0.29, 0.717) is 30.8 Å². The maximum absolute atomic E-state index is 5.76. The third kappa shape index (κ3) is 3.84. The Kier molecular flexibility index (Phi) is 4.36. The van der Waals surface area contributed by atoms with Gasteiger partial charge in [-0.3, -0.25) is 0 Å². The van der Waals surface area contributed by atoms with Crippen LogP contribution in [0.15, 0.2) is 6.07 Å². The number of hydrogen-bond donors (Lipinski definition) is 2. The summed E-state index contributed by atoms with van der Waals surface area (Å²) in [6.07, 6.45) is 2.73. The molecule has 1 atom stereocenters. The van der Waals surface area contributed by atoms with E-state index in [4.69, 9.17) is 10.5 Å². The molecular formula is C13H22N4O. The molecule has 0 radical (unpaired) electrons. The highest BCUT2D eigenvalue weighted by molar-refractivity contribution is 5.44. The fourth-order valence-corrected chi connectivity index (χ4v) is 1.96. The Labute approximate surface area is 108 Å². The lowest BCUT2D eigenvalue weighted by Gasteiger charge is -2.13. The molecule has 0 aliphatic heterocycles. The molecule has 1 aliphatic rings. The molecule has 0 spiro atoms. The summed E-state index contributed by atoms with van der Waals surface area (Å²) in [6.45, 7) is 6.22. The fraction of sp³-hybridized carbons (Fsp3) is 0.692. The minimum Gasteiger partial charge on any atom is -0.384 e. The van der Waals surface area contributed by atoms with Crippen LogP contribution in [-0.2, 0) is 11.3 Å². The van der Waals surface area contributed by atoms with Crippen LogP contribution in [0.4, 0.5) is 11.6 Å². The third-order valence-corrected chi connectivity index (χ3v) is 3.26. The second-order valence-corrected chi connectivity index (χ2v) is 4.93. The van der Waals surface area contributed by atoms with Crippen LogP contribution in [-0.4, -0.2) is 23.1 Å². The molecule has 1 aliphatic carbocycles. The van der Waals surface area contributed by atoms with E-state index in [1.165, 1.54) is 12.8 Å². The molecule has 5 nitrogen and oxygen atoms in total. The number of aromatic nitrogens is 2. The second-order valence-electron chi connectivity index (χ2n) is 4.93. The number of nitrogen functional groups attached to an aromatic ring is 1. The largest absolute Gasteiger partial charge is 0.384 e. The second kappa shape index (κ2) is 6.00. The lowest BCUT2D eigenvalue weighted by atomic mass is 10.1. The van der Waals surface area contributed by atoms with Crippen molar-refractivity contribution >= 4 is 11.6 Å². The van der Waals surface area contributed by atoms with Gasteiger partial charge < -0.3 is 15.8 Å². The van der Waals surface area contributed by atoms with E-state index < -0.39 is 0 Å². The smallest absolute Gasteiger partial charge is 0.158 e. The first kappa shape index (κ1) is 13.1. The van der Waals surface area contributed by atoms with Crippen LogP contribution in [0.1, 0.15) is 32.5 Å². The van der Waals surface area contributed by atoms with Crippen molar-refractivity contribution in [2.75, 3.05) is 24.2 Å². The van der Waals surface area contributed by atoms with Crippen LogP contribution < -0.4 is 11.1 Å². The Morgan fingerprint density at radius 2 is 2.28 bits per heavy atom. The van der Waals surface area contributed by atoms with E-state index in [1.807, 2.05) is 6.92 Å². The van der Waals surface area contributed by atoms with E-state index in [-0.39, 0.29) is 0 Å². The zero-order valence-corrected chi connectivity index (χ0v) is 11.1. The summed E-state index contributed by atoms with van der Waals surface area (Å²) < 4.78 is 5.30. The zero-order chi connectivity index (χ0) is 13.0. The van der Waals surface area contributed by atoms with Gasteiger partial charge in [0.2, 0.25) is 0 Å². The lowest BCUT2D eigenvalue weighted by molar-refractivity contribution is 0.128. The first-order valence-corrected chi connectivity index (χ1v) is 6.64. The van der Waals surface area contributed by atoms with Crippen molar-refractivity contribution in [1.82, 2.24) is 9.97 Å². The molecule has 0 bridgehead atoms. The van der Waals surface area contributed by atoms with Gasteiger partial charge in [0.1, 0.15) is 18.2 Å². The van der Waals surface area contributed by atoms with E-state index >= 15 is 0 Å². The van der Waals surface area contributed by atoms with Gasteiger partial charge in [-0.1, -0.05) is 6.92 Å². The molecule has 1 unspecified atom stereocenters. The Morgan fingerprint density at radius 1 is 1.50 bits per heavy atom. The number of rotatable bonds is 7. The first-order chi connectivity index (χ1) is 8.69. The Bertz CT molecular complexity index is 393. The van der Waals surface area contributed by atoms with Gasteiger partial charge in [0, 0.05) is 19.2 Å². The predicted molar refractivity (Wildman–Crippen MR) is 72.2 cm³/mol. The average Bonchev–Trinajstić information content (AvgIpc) is 3.17. The van der Waals surface area contributed by atoms with Crippen molar-refractivity contribution in [1.29, 1.82) is 0 Å². The molecule has 1 heterocycles. The highest BCUT2D eigenvalue weighted by Gasteiger charge is 2.27. The van der Waals surface area contributed by atoms with Gasteiger partial charge in [-0.25, -0.2) is 9.97 Å². The number of ether oxygens (including phenoxy) is 1. The van der Waals surface area contributed by atoms with Gasteiger partial charge in [0.15, 0.2) is 5.82 Å². The number of nitrogens with two attached hydrogens (primary N) is 1. The van der Waals surface area contributed by atoms with E-state index in [2.05, 4.69) is 22.2 Å². The standard InChI is InChI=1S/C13H22N4O/c1-3-18-8-13-16-11(14)6-12(17-13)15-7-9(2)10-4-5-10/h6,9-10H,3-5,7-8H2,1-2H3,(H3,14,15,16,17). The molecule has 1 aromatic heterocycles. The summed E-state index contributed by atoms with van der Waals surface area (Å²) in [6, 6.07) is 1.77. The van der Waals surface area contributed by atoms with Crippen LogP contribution >= 0.6 is 0 Å². The molecule has 100 valence electrons. The van der Waals surface area contributed by atoms with Crippen molar-refractivity contribution in [2.24, 2.45) is 11.8 Å². The molecule has 1 fully saturated rings. The molecule has 3 N–H and O–H groups in total. The van der Waals surface area contributed by atoms with Crippen molar-refractivity contribution < 1.29 is 4.74 Å². The average molecular weight is 250 g/mol. The first-order valence-electron chi connectivity index (χ1n) is 6.64. The van der Waals surface area contributed by atoms with Gasteiger partial charge in [0.25, 0.3) is 0 Å². The predicted octanol–water partition coefficient (Wildman–Crippen LogP) is 2.05. The fourth-order valence-electron chi connectivity index (χ4n) is 1.96. The minimum atomic E-state index is 0.411. The van der Waals surface area contributed by atoms with E-state index in [1.54, 1.807) is 6.07 Å². The summed E-state index contributed by atoms with van der Waals surface area (Å²) in [5, 5.41) is 3.34. The number of nitrogens with zero attached hydrogens (tertiary/aromatic N) is 2. The number of hydrogen-bond acceptors (Lipinski definition) is 5. The van der Waals surface area contributed by atoms with Gasteiger partial charge in [-0.15, -0.1) is 0 Å².